The lowest BCUT2D eigenvalue weighted by molar-refractivity contribution is 0.0544. The molecule has 0 amide bonds. The Morgan fingerprint density at radius 2 is 2.00 bits per heavy atom. The van der Waals surface area contributed by atoms with E-state index in [0.717, 1.165) is 23.4 Å². The van der Waals surface area contributed by atoms with Gasteiger partial charge in [0.15, 0.2) is 5.78 Å². The van der Waals surface area contributed by atoms with Gasteiger partial charge in [0.05, 0.1) is 11.3 Å². The number of ether oxygens (including phenoxy) is 1. The van der Waals surface area contributed by atoms with Crippen molar-refractivity contribution in [2.45, 2.75) is 25.2 Å². The van der Waals surface area contributed by atoms with Crippen LogP contribution in [0.3, 0.4) is 0 Å². The number of halogens is 1. The Morgan fingerprint density at radius 1 is 1.27 bits per heavy atom. The van der Waals surface area contributed by atoms with Crippen molar-refractivity contribution >= 4 is 23.1 Å². The zero-order valence-corrected chi connectivity index (χ0v) is 15.5. The second-order valence-corrected chi connectivity index (χ2v) is 7.06. The topological polar surface area (TPSA) is 62.1 Å². The monoisotopic (exact) mass is 368 g/mol. The van der Waals surface area contributed by atoms with Gasteiger partial charge in [-0.25, -0.2) is 0 Å². The van der Waals surface area contributed by atoms with Crippen LogP contribution >= 0.6 is 11.6 Å². The molecule has 0 bridgehead atoms. The van der Waals surface area contributed by atoms with E-state index in [4.69, 9.17) is 16.3 Å². The van der Waals surface area contributed by atoms with E-state index < -0.39 is 0 Å². The highest BCUT2D eigenvalue weighted by atomic mass is 35.5. The van der Waals surface area contributed by atoms with E-state index in [1.807, 2.05) is 18.2 Å². The molecule has 0 radical (unpaired) electrons. The minimum atomic E-state index is -0.171. The molecule has 0 spiro atoms. The third-order valence-electron chi connectivity index (χ3n) is 5.06. The highest BCUT2D eigenvalue weighted by Gasteiger charge is 2.36. The molecule has 0 aromatic heterocycles. The summed E-state index contributed by atoms with van der Waals surface area (Å²) < 4.78 is 5.57. The summed E-state index contributed by atoms with van der Waals surface area (Å²) in [6.07, 6.45) is 1.69. The molecule has 5 heteroatoms. The number of nitrogens with zero attached hydrogens (tertiary/aromatic N) is 1. The predicted octanol–water partition coefficient (Wildman–Crippen LogP) is 4.57. The molecular formula is C21H21ClN2O2. The van der Waals surface area contributed by atoms with E-state index in [-0.39, 0.29) is 11.2 Å². The van der Waals surface area contributed by atoms with Gasteiger partial charge < -0.3 is 10.1 Å². The molecule has 134 valence electrons. The van der Waals surface area contributed by atoms with E-state index in [1.165, 1.54) is 6.92 Å². The minimum absolute atomic E-state index is 0.0237. The van der Waals surface area contributed by atoms with Crippen LogP contribution in [-0.2, 0) is 10.2 Å². The van der Waals surface area contributed by atoms with Gasteiger partial charge in [0.2, 0.25) is 0 Å². The van der Waals surface area contributed by atoms with Gasteiger partial charge in [-0.15, -0.1) is 0 Å². The molecule has 0 atom stereocenters. The van der Waals surface area contributed by atoms with Crippen molar-refractivity contribution < 1.29 is 9.53 Å². The number of nitriles is 1. The van der Waals surface area contributed by atoms with Crippen LogP contribution in [0.15, 0.2) is 42.5 Å². The molecule has 0 aliphatic carbocycles. The molecule has 1 aliphatic heterocycles. The molecule has 3 rings (SSSR count). The smallest absolute Gasteiger partial charge is 0.159 e. The summed E-state index contributed by atoms with van der Waals surface area (Å²) in [6, 6.07) is 15.2. The molecule has 2 aromatic rings. The lowest BCUT2D eigenvalue weighted by atomic mass is 9.74. The van der Waals surface area contributed by atoms with E-state index in [0.29, 0.717) is 36.6 Å². The third kappa shape index (κ3) is 3.75. The van der Waals surface area contributed by atoms with Crippen molar-refractivity contribution in [3.63, 3.8) is 0 Å². The first-order valence-electron chi connectivity index (χ1n) is 8.67. The molecule has 1 fully saturated rings. The van der Waals surface area contributed by atoms with Crippen LogP contribution in [0.4, 0.5) is 5.69 Å². The average Bonchev–Trinajstić information content (AvgIpc) is 2.67. The number of anilines is 1. The fourth-order valence-corrected chi connectivity index (χ4v) is 3.80. The van der Waals surface area contributed by atoms with Crippen LogP contribution in [0.1, 0.15) is 41.3 Å². The highest BCUT2D eigenvalue weighted by Crippen LogP contribution is 2.39. The molecule has 2 aromatic carbocycles. The molecule has 0 saturated carbocycles. The number of Topliss-reactive ketones (excluding diaryl/α,β-unsaturated/α-hetero) is 1. The van der Waals surface area contributed by atoms with Crippen molar-refractivity contribution in [1.82, 2.24) is 0 Å². The molecule has 1 aliphatic rings. The second-order valence-electron chi connectivity index (χ2n) is 6.65. The van der Waals surface area contributed by atoms with Crippen LogP contribution in [-0.4, -0.2) is 25.5 Å². The summed E-state index contributed by atoms with van der Waals surface area (Å²) in [6.45, 7) is 3.49. The fraction of sp³-hybridized carbons (Fsp3) is 0.333. The average molecular weight is 369 g/mol. The second kappa shape index (κ2) is 7.90. The number of benzene rings is 2. The quantitative estimate of drug-likeness (QED) is 0.785. The van der Waals surface area contributed by atoms with Gasteiger partial charge in [-0.3, -0.25) is 4.79 Å². The Hall–Kier alpha value is -2.35. The van der Waals surface area contributed by atoms with Crippen molar-refractivity contribution in [3.8, 4) is 6.07 Å². The lowest BCUT2D eigenvalue weighted by Gasteiger charge is -2.38. The molecule has 4 nitrogen and oxygen atoms in total. The Bertz CT molecular complexity index is 851. The van der Waals surface area contributed by atoms with E-state index in [9.17, 15) is 10.1 Å². The number of nitrogens with one attached hydrogen (secondary N) is 1. The summed E-state index contributed by atoms with van der Waals surface area (Å²) in [5.41, 5.74) is 2.72. The maximum absolute atomic E-state index is 11.7. The van der Waals surface area contributed by atoms with Crippen LogP contribution < -0.4 is 5.32 Å². The molecule has 0 unspecified atom stereocenters. The lowest BCUT2D eigenvalue weighted by Crippen LogP contribution is -2.40. The Morgan fingerprint density at radius 3 is 2.65 bits per heavy atom. The van der Waals surface area contributed by atoms with Crippen LogP contribution in [0.5, 0.6) is 0 Å². The van der Waals surface area contributed by atoms with Gasteiger partial charge in [0.1, 0.15) is 6.07 Å². The van der Waals surface area contributed by atoms with Crippen LogP contribution in [0.25, 0.3) is 0 Å². The summed E-state index contributed by atoms with van der Waals surface area (Å²) in [5.74, 6) is -0.0237. The number of hydrogen-bond acceptors (Lipinski definition) is 4. The standard InChI is InChI=1S/C21H21ClN2O2/c1-15(25)16-6-7-17(13-23)20(12-16)24-14-21(8-10-26-11-9-21)18-4-2-3-5-19(18)22/h2-7,12,24H,8-11,14H2,1H3. The third-order valence-corrected chi connectivity index (χ3v) is 5.39. The van der Waals surface area contributed by atoms with Gasteiger partial charge >= 0.3 is 0 Å². The van der Waals surface area contributed by atoms with Crippen molar-refractivity contribution in [1.29, 1.82) is 5.26 Å². The van der Waals surface area contributed by atoms with Crippen LogP contribution in [0.2, 0.25) is 5.02 Å². The zero-order valence-electron chi connectivity index (χ0n) is 14.7. The Labute approximate surface area is 158 Å². The number of rotatable bonds is 5. The minimum Gasteiger partial charge on any atom is -0.383 e. The normalized spacial score (nSPS) is 15.9. The first-order valence-corrected chi connectivity index (χ1v) is 9.05. The van der Waals surface area contributed by atoms with E-state index in [2.05, 4.69) is 17.5 Å². The van der Waals surface area contributed by atoms with Gasteiger partial charge in [0, 0.05) is 35.8 Å². The highest BCUT2D eigenvalue weighted by molar-refractivity contribution is 6.31. The zero-order chi connectivity index (χ0) is 18.6. The van der Waals surface area contributed by atoms with Crippen molar-refractivity contribution in [2.24, 2.45) is 0 Å². The maximum atomic E-state index is 11.7. The summed E-state index contributed by atoms with van der Waals surface area (Å²) >= 11 is 6.49. The van der Waals surface area contributed by atoms with Gasteiger partial charge in [-0.05, 0) is 49.6 Å². The summed E-state index contributed by atoms with van der Waals surface area (Å²) in [5, 5.41) is 13.5. The predicted molar refractivity (Wildman–Crippen MR) is 103 cm³/mol. The van der Waals surface area contributed by atoms with E-state index in [1.54, 1.807) is 18.2 Å². The number of carbonyl (C=O) groups excluding carboxylic acids is 1. The maximum Gasteiger partial charge on any atom is 0.159 e. The molecule has 26 heavy (non-hydrogen) atoms. The molecule has 1 heterocycles. The van der Waals surface area contributed by atoms with Gasteiger partial charge in [0.25, 0.3) is 0 Å². The molecular weight excluding hydrogens is 348 g/mol. The number of hydrogen-bond donors (Lipinski definition) is 1. The Balaban J connectivity index is 1.92. The SMILES string of the molecule is CC(=O)c1ccc(C#N)c(NCC2(c3ccccc3Cl)CCOCC2)c1. The molecule has 1 N–H and O–H groups in total. The number of carbonyl (C=O) groups is 1. The largest absolute Gasteiger partial charge is 0.383 e. The van der Waals surface area contributed by atoms with Crippen LogP contribution in [0, 0.1) is 11.3 Å². The van der Waals surface area contributed by atoms with Gasteiger partial charge in [-0.1, -0.05) is 29.8 Å². The van der Waals surface area contributed by atoms with E-state index >= 15 is 0 Å². The van der Waals surface area contributed by atoms with Gasteiger partial charge in [-0.2, -0.15) is 5.26 Å². The molecule has 1 saturated heterocycles. The summed E-state index contributed by atoms with van der Waals surface area (Å²) in [7, 11) is 0. The first-order chi connectivity index (χ1) is 12.6. The Kier molecular flexibility index (Phi) is 5.61. The van der Waals surface area contributed by atoms with Crippen molar-refractivity contribution in [3.05, 3.63) is 64.2 Å². The number of ketones is 1. The first kappa shape index (κ1) is 18.4. The fourth-order valence-electron chi connectivity index (χ4n) is 3.47. The summed E-state index contributed by atoms with van der Waals surface area (Å²) in [4.78, 5) is 11.7. The van der Waals surface area contributed by atoms with Crippen molar-refractivity contribution in [2.75, 3.05) is 25.1 Å².